The molecule has 0 atom stereocenters. The Kier molecular flexibility index (Phi) is 3.92. The normalized spacial score (nSPS) is 14.1. The zero-order valence-electron chi connectivity index (χ0n) is 9.82. The van der Waals surface area contributed by atoms with Crippen LogP contribution in [-0.2, 0) is 20.9 Å². The molecule has 2 rings (SSSR count). The fourth-order valence-corrected chi connectivity index (χ4v) is 1.43. The topological polar surface area (TPSA) is 55.4 Å². The first-order valence-electron chi connectivity index (χ1n) is 5.83. The van der Waals surface area contributed by atoms with Gasteiger partial charge in [0.05, 0.1) is 5.92 Å². The summed E-state index contributed by atoms with van der Waals surface area (Å²) in [6.45, 7) is 0.0383. The van der Waals surface area contributed by atoms with Gasteiger partial charge in [-0.05, 0) is 30.5 Å². The van der Waals surface area contributed by atoms with E-state index in [0.717, 1.165) is 18.4 Å². The van der Waals surface area contributed by atoms with E-state index in [2.05, 4.69) is 5.32 Å². The summed E-state index contributed by atoms with van der Waals surface area (Å²) in [6, 6.07) is 5.83. The molecule has 5 heteroatoms. The van der Waals surface area contributed by atoms with Gasteiger partial charge in [-0.1, -0.05) is 12.1 Å². The Balaban J connectivity index is 1.67. The SMILES string of the molecule is O=C(COC(=O)C1CC1)NCc1ccc(F)cc1. The van der Waals surface area contributed by atoms with Crippen LogP contribution >= 0.6 is 0 Å². The molecule has 0 radical (unpaired) electrons. The molecule has 1 saturated carbocycles. The van der Waals surface area contributed by atoms with E-state index in [1.165, 1.54) is 12.1 Å². The summed E-state index contributed by atoms with van der Waals surface area (Å²) in [6.07, 6.45) is 1.71. The summed E-state index contributed by atoms with van der Waals surface area (Å²) in [5, 5.41) is 2.59. The molecular formula is C13H14FNO3. The lowest BCUT2D eigenvalue weighted by molar-refractivity contribution is -0.149. The summed E-state index contributed by atoms with van der Waals surface area (Å²) < 4.78 is 17.5. The van der Waals surface area contributed by atoms with E-state index in [4.69, 9.17) is 4.74 Å². The van der Waals surface area contributed by atoms with Gasteiger partial charge in [-0.15, -0.1) is 0 Å². The van der Waals surface area contributed by atoms with Crippen LogP contribution < -0.4 is 5.32 Å². The van der Waals surface area contributed by atoms with Crippen LogP contribution in [0.4, 0.5) is 4.39 Å². The van der Waals surface area contributed by atoms with E-state index >= 15 is 0 Å². The Bertz CT molecular complexity index is 440. The van der Waals surface area contributed by atoms with Crippen molar-refractivity contribution in [1.82, 2.24) is 5.32 Å². The number of esters is 1. The molecule has 1 aliphatic rings. The monoisotopic (exact) mass is 251 g/mol. The number of benzene rings is 1. The van der Waals surface area contributed by atoms with Crippen LogP contribution in [-0.4, -0.2) is 18.5 Å². The molecule has 96 valence electrons. The molecule has 0 aromatic heterocycles. The second-order valence-corrected chi connectivity index (χ2v) is 4.29. The number of hydrogen-bond acceptors (Lipinski definition) is 3. The van der Waals surface area contributed by atoms with Crippen molar-refractivity contribution in [3.05, 3.63) is 35.6 Å². The average molecular weight is 251 g/mol. The van der Waals surface area contributed by atoms with E-state index in [-0.39, 0.29) is 30.2 Å². The number of amides is 1. The van der Waals surface area contributed by atoms with Gasteiger partial charge in [-0.2, -0.15) is 0 Å². The Morgan fingerprint density at radius 1 is 1.28 bits per heavy atom. The number of halogens is 1. The number of ether oxygens (including phenoxy) is 1. The first kappa shape index (κ1) is 12.5. The maximum Gasteiger partial charge on any atom is 0.309 e. The number of hydrogen-bond donors (Lipinski definition) is 1. The van der Waals surface area contributed by atoms with Crippen molar-refractivity contribution < 1.29 is 18.7 Å². The molecule has 1 aromatic rings. The quantitative estimate of drug-likeness (QED) is 0.805. The second-order valence-electron chi connectivity index (χ2n) is 4.29. The second kappa shape index (κ2) is 5.62. The standard InChI is InChI=1S/C13H14FNO3/c14-11-5-1-9(2-6-11)7-15-12(16)8-18-13(17)10-3-4-10/h1-2,5-6,10H,3-4,7-8H2,(H,15,16). The molecular weight excluding hydrogens is 237 g/mol. The molecule has 0 bridgehead atoms. The van der Waals surface area contributed by atoms with Gasteiger partial charge in [0, 0.05) is 6.54 Å². The van der Waals surface area contributed by atoms with Crippen LogP contribution in [0, 0.1) is 11.7 Å². The van der Waals surface area contributed by atoms with Gasteiger partial charge in [-0.25, -0.2) is 4.39 Å². The smallest absolute Gasteiger partial charge is 0.309 e. The van der Waals surface area contributed by atoms with E-state index in [1.54, 1.807) is 12.1 Å². The minimum atomic E-state index is -0.353. The van der Waals surface area contributed by atoms with Crippen molar-refractivity contribution in [2.45, 2.75) is 19.4 Å². The van der Waals surface area contributed by atoms with Gasteiger partial charge in [0.15, 0.2) is 6.61 Å². The highest BCUT2D eigenvalue weighted by molar-refractivity contribution is 5.81. The molecule has 0 unspecified atom stereocenters. The predicted molar refractivity (Wildman–Crippen MR) is 61.9 cm³/mol. The molecule has 1 fully saturated rings. The van der Waals surface area contributed by atoms with Gasteiger partial charge in [-0.3, -0.25) is 9.59 Å². The summed E-state index contributed by atoms with van der Waals surface area (Å²) in [5.74, 6) is -0.974. The third-order valence-corrected chi connectivity index (χ3v) is 2.66. The average Bonchev–Trinajstić information content (AvgIpc) is 3.19. The van der Waals surface area contributed by atoms with Crippen LogP contribution in [0.3, 0.4) is 0 Å². The van der Waals surface area contributed by atoms with Gasteiger partial charge >= 0.3 is 5.97 Å². The summed E-state index contributed by atoms with van der Waals surface area (Å²) in [7, 11) is 0. The van der Waals surface area contributed by atoms with Crippen molar-refractivity contribution in [3.63, 3.8) is 0 Å². The Morgan fingerprint density at radius 3 is 2.56 bits per heavy atom. The zero-order chi connectivity index (χ0) is 13.0. The van der Waals surface area contributed by atoms with E-state index in [1.807, 2.05) is 0 Å². The molecule has 0 aliphatic heterocycles. The lowest BCUT2D eigenvalue weighted by Crippen LogP contribution is -2.28. The van der Waals surface area contributed by atoms with Crippen LogP contribution in [0.5, 0.6) is 0 Å². The molecule has 1 amide bonds. The predicted octanol–water partition coefficient (Wildman–Crippen LogP) is 1.40. The highest BCUT2D eigenvalue weighted by atomic mass is 19.1. The molecule has 0 saturated heterocycles. The number of nitrogens with one attached hydrogen (secondary N) is 1. The molecule has 1 aromatic carbocycles. The van der Waals surface area contributed by atoms with Crippen LogP contribution in [0.15, 0.2) is 24.3 Å². The highest BCUT2D eigenvalue weighted by Crippen LogP contribution is 2.29. The third-order valence-electron chi connectivity index (χ3n) is 2.66. The van der Waals surface area contributed by atoms with Crippen molar-refractivity contribution in [3.8, 4) is 0 Å². The lowest BCUT2D eigenvalue weighted by Gasteiger charge is -2.06. The minimum Gasteiger partial charge on any atom is -0.455 e. The summed E-state index contributed by atoms with van der Waals surface area (Å²) >= 11 is 0. The maximum absolute atomic E-state index is 12.6. The molecule has 0 spiro atoms. The third kappa shape index (κ3) is 3.84. The molecule has 0 heterocycles. The van der Waals surface area contributed by atoms with Crippen molar-refractivity contribution >= 4 is 11.9 Å². The summed E-state index contributed by atoms with van der Waals surface area (Å²) in [5.41, 5.74) is 0.790. The molecule has 18 heavy (non-hydrogen) atoms. The van der Waals surface area contributed by atoms with Gasteiger partial charge in [0.1, 0.15) is 5.82 Å². The van der Waals surface area contributed by atoms with E-state index in [0.29, 0.717) is 6.54 Å². The molecule has 1 N–H and O–H groups in total. The van der Waals surface area contributed by atoms with Crippen LogP contribution in [0.25, 0.3) is 0 Å². The highest BCUT2D eigenvalue weighted by Gasteiger charge is 2.31. The molecule has 1 aliphatic carbocycles. The van der Waals surface area contributed by atoms with Crippen molar-refractivity contribution in [2.75, 3.05) is 6.61 Å². The van der Waals surface area contributed by atoms with Crippen molar-refractivity contribution in [2.24, 2.45) is 5.92 Å². The van der Waals surface area contributed by atoms with E-state index < -0.39 is 0 Å². The fourth-order valence-electron chi connectivity index (χ4n) is 1.43. The fraction of sp³-hybridized carbons (Fsp3) is 0.385. The number of carbonyl (C=O) groups is 2. The van der Waals surface area contributed by atoms with Gasteiger partial charge in [0.2, 0.25) is 0 Å². The molecule has 4 nitrogen and oxygen atoms in total. The van der Waals surface area contributed by atoms with Crippen LogP contribution in [0.1, 0.15) is 18.4 Å². The Hall–Kier alpha value is -1.91. The first-order valence-corrected chi connectivity index (χ1v) is 5.83. The zero-order valence-corrected chi connectivity index (χ0v) is 9.82. The van der Waals surface area contributed by atoms with E-state index in [9.17, 15) is 14.0 Å². The maximum atomic E-state index is 12.6. The Labute approximate surface area is 104 Å². The largest absolute Gasteiger partial charge is 0.455 e. The summed E-state index contributed by atoms with van der Waals surface area (Å²) in [4.78, 5) is 22.5. The lowest BCUT2D eigenvalue weighted by atomic mass is 10.2. The first-order chi connectivity index (χ1) is 8.65. The Morgan fingerprint density at radius 2 is 1.94 bits per heavy atom. The van der Waals surface area contributed by atoms with Crippen molar-refractivity contribution in [1.29, 1.82) is 0 Å². The number of carbonyl (C=O) groups excluding carboxylic acids is 2. The minimum absolute atomic E-state index is 0.00472. The number of rotatable bonds is 5. The van der Waals surface area contributed by atoms with Crippen LogP contribution in [0.2, 0.25) is 0 Å². The van der Waals surface area contributed by atoms with Gasteiger partial charge in [0.25, 0.3) is 5.91 Å². The van der Waals surface area contributed by atoms with Gasteiger partial charge < -0.3 is 10.1 Å².